The molecule has 0 saturated carbocycles. The Bertz CT molecular complexity index is 750. The van der Waals surface area contributed by atoms with E-state index in [1.54, 1.807) is 18.7 Å². The second-order valence-corrected chi connectivity index (χ2v) is 9.12. The summed E-state index contributed by atoms with van der Waals surface area (Å²) in [7, 11) is -4.17. The molecule has 1 aliphatic heterocycles. The van der Waals surface area contributed by atoms with Gasteiger partial charge in [0.2, 0.25) is 9.84 Å². The van der Waals surface area contributed by atoms with Gasteiger partial charge in [0, 0.05) is 13.1 Å². The highest BCUT2D eigenvalue weighted by Gasteiger charge is 2.39. The minimum Gasteiger partial charge on any atom is -0.462 e. The van der Waals surface area contributed by atoms with Gasteiger partial charge in [0.15, 0.2) is 5.25 Å². The summed E-state index contributed by atoms with van der Waals surface area (Å²) in [6.45, 7) is 8.15. The molecule has 2 heterocycles. The number of esters is 1. The first-order valence-electron chi connectivity index (χ1n) is 8.78. The second-order valence-electron chi connectivity index (χ2n) is 7.10. The van der Waals surface area contributed by atoms with Crippen LogP contribution in [0.3, 0.4) is 0 Å². The Kier molecular flexibility index (Phi) is 6.38. The van der Waals surface area contributed by atoms with Crippen molar-refractivity contribution in [2.75, 3.05) is 13.1 Å². The molecule has 0 aromatic carbocycles. The van der Waals surface area contributed by atoms with Crippen molar-refractivity contribution in [3.63, 3.8) is 0 Å². The SMILES string of the molecule is CC(C)CC(C(=O)OC(C)C)S(=O)(=O)c1ncn(C(=O)N2CCCC2)n1. The summed E-state index contributed by atoms with van der Waals surface area (Å²) in [5.74, 6) is -0.876. The van der Waals surface area contributed by atoms with Gasteiger partial charge in [-0.05, 0) is 39.0 Å². The number of carbonyl (C=O) groups excluding carboxylic acids is 2. The van der Waals surface area contributed by atoms with E-state index in [4.69, 9.17) is 4.74 Å². The van der Waals surface area contributed by atoms with Crippen LogP contribution in [0.5, 0.6) is 0 Å². The average molecular weight is 386 g/mol. The summed E-state index contributed by atoms with van der Waals surface area (Å²) in [6, 6.07) is -0.415. The quantitative estimate of drug-likeness (QED) is 0.681. The van der Waals surface area contributed by atoms with E-state index in [1.165, 1.54) is 0 Å². The van der Waals surface area contributed by atoms with Crippen molar-refractivity contribution in [2.24, 2.45) is 5.92 Å². The lowest BCUT2D eigenvalue weighted by Crippen LogP contribution is -2.36. The zero-order chi connectivity index (χ0) is 19.5. The van der Waals surface area contributed by atoms with Gasteiger partial charge in [0.1, 0.15) is 6.33 Å². The molecule has 26 heavy (non-hydrogen) atoms. The lowest BCUT2D eigenvalue weighted by molar-refractivity contribution is -0.147. The number of aromatic nitrogens is 3. The van der Waals surface area contributed by atoms with Crippen molar-refractivity contribution in [1.82, 2.24) is 19.7 Å². The molecule has 1 unspecified atom stereocenters. The fourth-order valence-electron chi connectivity index (χ4n) is 2.74. The van der Waals surface area contributed by atoms with Crippen molar-refractivity contribution in [2.45, 2.75) is 63.5 Å². The molecule has 1 aromatic heterocycles. The number of amides is 1. The summed E-state index contributed by atoms with van der Waals surface area (Å²) < 4.78 is 31.8. The van der Waals surface area contributed by atoms with E-state index in [2.05, 4.69) is 10.1 Å². The highest BCUT2D eigenvalue weighted by atomic mass is 32.2. The second kappa shape index (κ2) is 8.15. The van der Waals surface area contributed by atoms with Crippen LogP contribution in [0.1, 0.15) is 47.0 Å². The van der Waals surface area contributed by atoms with Crippen molar-refractivity contribution < 1.29 is 22.7 Å². The van der Waals surface area contributed by atoms with E-state index in [0.717, 1.165) is 23.9 Å². The van der Waals surface area contributed by atoms with Crippen LogP contribution < -0.4 is 0 Å². The lowest BCUT2D eigenvalue weighted by Gasteiger charge is -2.18. The van der Waals surface area contributed by atoms with Gasteiger partial charge in [-0.15, -0.1) is 5.10 Å². The van der Waals surface area contributed by atoms with Crippen molar-refractivity contribution >= 4 is 21.8 Å². The molecule has 10 heteroatoms. The molecule has 0 spiro atoms. The minimum atomic E-state index is -4.17. The molecule has 1 aromatic rings. The number of carbonyl (C=O) groups is 2. The molecule has 1 aliphatic rings. The van der Waals surface area contributed by atoms with E-state index in [0.29, 0.717) is 13.1 Å². The smallest absolute Gasteiger partial charge is 0.346 e. The Balaban J connectivity index is 2.27. The molecular formula is C16H26N4O5S. The van der Waals surface area contributed by atoms with Crippen molar-refractivity contribution in [3.05, 3.63) is 6.33 Å². The van der Waals surface area contributed by atoms with Crippen molar-refractivity contribution in [1.29, 1.82) is 0 Å². The van der Waals surface area contributed by atoms with E-state index >= 15 is 0 Å². The molecule has 0 aliphatic carbocycles. The van der Waals surface area contributed by atoms with Crippen LogP contribution in [0.2, 0.25) is 0 Å². The predicted octanol–water partition coefficient (Wildman–Crippen LogP) is 1.48. The summed E-state index contributed by atoms with van der Waals surface area (Å²) in [5.41, 5.74) is 0. The normalized spacial score (nSPS) is 16.3. The van der Waals surface area contributed by atoms with Crippen molar-refractivity contribution in [3.8, 4) is 0 Å². The standard InChI is InChI=1S/C16H26N4O5S/c1-11(2)9-13(14(21)25-12(3)4)26(23,24)15-17-10-20(18-15)16(22)19-7-5-6-8-19/h10-13H,5-9H2,1-4H3. The van der Waals surface area contributed by atoms with Gasteiger partial charge < -0.3 is 9.64 Å². The third-order valence-corrected chi connectivity index (χ3v) is 5.80. The molecule has 0 bridgehead atoms. The van der Waals surface area contributed by atoms with Crippen LogP contribution in [0.25, 0.3) is 0 Å². The van der Waals surface area contributed by atoms with E-state index in [-0.39, 0.29) is 12.3 Å². The summed E-state index contributed by atoms with van der Waals surface area (Å²) >= 11 is 0. The van der Waals surface area contributed by atoms with Crippen LogP contribution in [-0.4, -0.2) is 64.5 Å². The minimum absolute atomic E-state index is 0.0530. The van der Waals surface area contributed by atoms with E-state index < -0.39 is 38.3 Å². The van der Waals surface area contributed by atoms with Crippen LogP contribution in [-0.2, 0) is 19.4 Å². The fourth-order valence-corrected chi connectivity index (χ4v) is 4.33. The highest BCUT2D eigenvalue weighted by molar-refractivity contribution is 7.92. The van der Waals surface area contributed by atoms with Gasteiger partial charge in [0.25, 0.3) is 5.16 Å². The maximum Gasteiger partial charge on any atom is 0.346 e. The van der Waals surface area contributed by atoms with Gasteiger partial charge in [-0.25, -0.2) is 18.2 Å². The third-order valence-electron chi connectivity index (χ3n) is 3.97. The lowest BCUT2D eigenvalue weighted by atomic mass is 10.1. The van der Waals surface area contributed by atoms with Gasteiger partial charge in [0.05, 0.1) is 6.10 Å². The number of likely N-dealkylation sites (tertiary alicyclic amines) is 1. The number of ether oxygens (including phenoxy) is 1. The monoisotopic (exact) mass is 386 g/mol. The maximum absolute atomic E-state index is 12.9. The Morgan fingerprint density at radius 3 is 2.35 bits per heavy atom. The first kappa shape index (κ1) is 20.3. The van der Waals surface area contributed by atoms with Gasteiger partial charge in [-0.3, -0.25) is 4.79 Å². The Labute approximate surface area is 153 Å². The zero-order valence-corrected chi connectivity index (χ0v) is 16.4. The third kappa shape index (κ3) is 4.60. The maximum atomic E-state index is 12.9. The number of rotatable bonds is 6. The number of hydrogen-bond donors (Lipinski definition) is 0. The first-order chi connectivity index (χ1) is 12.1. The first-order valence-corrected chi connectivity index (χ1v) is 10.3. The fraction of sp³-hybridized carbons (Fsp3) is 0.750. The molecule has 146 valence electrons. The number of nitrogens with zero attached hydrogens (tertiary/aromatic N) is 4. The van der Waals surface area contributed by atoms with Crippen LogP contribution in [0.15, 0.2) is 11.5 Å². The molecule has 1 atom stereocenters. The van der Waals surface area contributed by atoms with E-state index in [1.807, 2.05) is 13.8 Å². The number of hydrogen-bond acceptors (Lipinski definition) is 7. The van der Waals surface area contributed by atoms with Gasteiger partial charge >= 0.3 is 12.0 Å². The Morgan fingerprint density at radius 2 is 1.81 bits per heavy atom. The average Bonchev–Trinajstić information content (AvgIpc) is 3.22. The molecule has 1 fully saturated rings. The summed E-state index contributed by atoms with van der Waals surface area (Å²) in [5, 5.41) is 1.90. The molecule has 0 N–H and O–H groups in total. The molecular weight excluding hydrogens is 360 g/mol. The molecule has 0 radical (unpaired) electrons. The topological polar surface area (TPSA) is 111 Å². The molecule has 1 saturated heterocycles. The number of sulfone groups is 1. The van der Waals surface area contributed by atoms with Crippen LogP contribution in [0, 0.1) is 5.92 Å². The Hall–Kier alpha value is -1.97. The van der Waals surface area contributed by atoms with E-state index in [9.17, 15) is 18.0 Å². The highest BCUT2D eigenvalue weighted by Crippen LogP contribution is 2.21. The van der Waals surface area contributed by atoms with Crippen LogP contribution in [0.4, 0.5) is 4.79 Å². The zero-order valence-electron chi connectivity index (χ0n) is 15.6. The van der Waals surface area contributed by atoms with Gasteiger partial charge in [-0.2, -0.15) is 4.68 Å². The van der Waals surface area contributed by atoms with Gasteiger partial charge in [-0.1, -0.05) is 13.8 Å². The molecule has 1 amide bonds. The largest absolute Gasteiger partial charge is 0.462 e. The molecule has 2 rings (SSSR count). The van der Waals surface area contributed by atoms with Crippen LogP contribution >= 0.6 is 0 Å². The summed E-state index contributed by atoms with van der Waals surface area (Å²) in [6.07, 6.45) is 2.54. The predicted molar refractivity (Wildman–Crippen MR) is 93.3 cm³/mol. The molecule has 9 nitrogen and oxygen atoms in total. The Morgan fingerprint density at radius 1 is 1.19 bits per heavy atom. The summed E-state index contributed by atoms with van der Waals surface area (Å²) in [4.78, 5) is 30.0.